The molecular formula is C20H28N2O2S2. The third-order valence-corrected chi connectivity index (χ3v) is 6.66. The Balaban J connectivity index is 1.63. The lowest BCUT2D eigenvalue weighted by Gasteiger charge is -2.18. The molecule has 3 rings (SSSR count). The number of fused-ring (bicyclic) bond motifs is 1. The Morgan fingerprint density at radius 2 is 2.23 bits per heavy atom. The zero-order valence-corrected chi connectivity index (χ0v) is 17.3. The molecule has 2 aliphatic carbocycles. The van der Waals surface area contributed by atoms with Gasteiger partial charge in [0.25, 0.3) is 0 Å². The number of carbonyl (C=O) groups is 1. The van der Waals surface area contributed by atoms with Gasteiger partial charge in [0.2, 0.25) is 0 Å². The van der Waals surface area contributed by atoms with Crippen molar-refractivity contribution in [2.45, 2.75) is 58.3 Å². The second-order valence-corrected chi connectivity index (χ2v) is 8.80. The maximum absolute atomic E-state index is 12.3. The number of hydrogen-bond acceptors (Lipinski definition) is 4. The van der Waals surface area contributed by atoms with Crippen molar-refractivity contribution in [3.05, 3.63) is 27.7 Å². The molecule has 0 unspecified atom stereocenters. The molecule has 2 aliphatic rings. The maximum atomic E-state index is 12.3. The van der Waals surface area contributed by atoms with Crippen molar-refractivity contribution < 1.29 is 9.53 Å². The highest BCUT2D eigenvalue weighted by atomic mass is 32.1. The van der Waals surface area contributed by atoms with E-state index in [1.165, 1.54) is 43.2 Å². The van der Waals surface area contributed by atoms with E-state index in [0.29, 0.717) is 16.6 Å². The third kappa shape index (κ3) is 4.65. The number of nitrogens with one attached hydrogen (secondary N) is 2. The second-order valence-electron chi connectivity index (χ2n) is 7.29. The molecule has 0 aliphatic heterocycles. The fourth-order valence-corrected chi connectivity index (χ4v) is 5.44. The number of ether oxygens (including phenoxy) is 1. The summed E-state index contributed by atoms with van der Waals surface area (Å²) < 4.78 is 5.03. The molecule has 0 bridgehead atoms. The van der Waals surface area contributed by atoms with Crippen molar-refractivity contribution in [2.24, 2.45) is 5.92 Å². The highest BCUT2D eigenvalue weighted by Gasteiger charge is 2.28. The molecule has 0 fully saturated rings. The standard InChI is InChI=1S/C20H28N2O2S2/c1-13-8-9-15-16(12-13)26-18(17(15)19(23)24-2)22-20(25)21-11-10-14-6-4-3-5-7-14/h6,13H,3-5,7-12H2,1-2H3,(H2,21,22,25)/t13-/m0/s1. The number of esters is 1. The number of thiophene rings is 1. The van der Waals surface area contributed by atoms with Crippen molar-refractivity contribution in [1.29, 1.82) is 0 Å². The normalized spacial score (nSPS) is 19.3. The van der Waals surface area contributed by atoms with Crippen LogP contribution in [0, 0.1) is 5.92 Å². The highest BCUT2D eigenvalue weighted by Crippen LogP contribution is 2.40. The Bertz CT molecular complexity index is 709. The van der Waals surface area contributed by atoms with E-state index in [4.69, 9.17) is 17.0 Å². The van der Waals surface area contributed by atoms with Crippen LogP contribution in [0.1, 0.15) is 66.2 Å². The molecule has 0 aromatic carbocycles. The molecule has 0 radical (unpaired) electrons. The van der Waals surface area contributed by atoms with Gasteiger partial charge in [-0.2, -0.15) is 0 Å². The van der Waals surface area contributed by atoms with E-state index in [1.807, 2.05) is 0 Å². The maximum Gasteiger partial charge on any atom is 0.341 e. The summed E-state index contributed by atoms with van der Waals surface area (Å²) in [5.74, 6) is 0.392. The minimum Gasteiger partial charge on any atom is -0.465 e. The topological polar surface area (TPSA) is 50.4 Å². The van der Waals surface area contributed by atoms with E-state index in [1.54, 1.807) is 11.3 Å². The molecule has 2 N–H and O–H groups in total. The number of anilines is 1. The fourth-order valence-electron chi connectivity index (χ4n) is 3.77. The summed E-state index contributed by atoms with van der Waals surface area (Å²) in [7, 11) is 1.44. The summed E-state index contributed by atoms with van der Waals surface area (Å²) in [5.41, 5.74) is 3.36. The average molecular weight is 393 g/mol. The van der Waals surface area contributed by atoms with E-state index in [0.717, 1.165) is 42.8 Å². The molecule has 4 nitrogen and oxygen atoms in total. The summed E-state index contributed by atoms with van der Waals surface area (Å²) in [6, 6.07) is 0. The van der Waals surface area contributed by atoms with E-state index >= 15 is 0 Å². The van der Waals surface area contributed by atoms with Crippen LogP contribution in [-0.2, 0) is 17.6 Å². The Labute approximate surface area is 165 Å². The Morgan fingerprint density at radius 1 is 1.38 bits per heavy atom. The molecule has 0 saturated heterocycles. The van der Waals surface area contributed by atoms with Gasteiger partial charge in [-0.25, -0.2) is 4.79 Å². The van der Waals surface area contributed by atoms with Crippen LogP contribution in [0.4, 0.5) is 5.00 Å². The van der Waals surface area contributed by atoms with Gasteiger partial charge >= 0.3 is 5.97 Å². The first-order valence-corrected chi connectivity index (χ1v) is 10.8. The van der Waals surface area contributed by atoms with Gasteiger partial charge in [-0.1, -0.05) is 18.6 Å². The number of methoxy groups -OCH3 is 1. The summed E-state index contributed by atoms with van der Waals surface area (Å²) >= 11 is 7.11. The quantitative estimate of drug-likeness (QED) is 0.427. The smallest absolute Gasteiger partial charge is 0.341 e. The van der Waals surface area contributed by atoms with Gasteiger partial charge < -0.3 is 15.4 Å². The van der Waals surface area contributed by atoms with E-state index in [9.17, 15) is 4.79 Å². The predicted octanol–water partition coefficient (Wildman–Crippen LogP) is 4.84. The molecule has 1 heterocycles. The fraction of sp³-hybridized carbons (Fsp3) is 0.600. The number of carbonyl (C=O) groups excluding carboxylic acids is 1. The van der Waals surface area contributed by atoms with Crippen LogP contribution in [0.15, 0.2) is 11.6 Å². The van der Waals surface area contributed by atoms with Crippen molar-refractivity contribution in [1.82, 2.24) is 5.32 Å². The minimum absolute atomic E-state index is 0.269. The van der Waals surface area contributed by atoms with Gasteiger partial charge in [0.05, 0.1) is 12.7 Å². The molecule has 0 saturated carbocycles. The summed E-state index contributed by atoms with van der Waals surface area (Å²) in [6.07, 6.45) is 11.5. The first kappa shape index (κ1) is 19.4. The first-order valence-electron chi connectivity index (χ1n) is 9.54. The van der Waals surface area contributed by atoms with Crippen LogP contribution in [-0.4, -0.2) is 24.7 Å². The first-order chi connectivity index (χ1) is 12.6. The molecular weight excluding hydrogens is 364 g/mol. The lowest BCUT2D eigenvalue weighted by atomic mass is 9.88. The van der Waals surface area contributed by atoms with Gasteiger partial charge in [-0.3, -0.25) is 0 Å². The van der Waals surface area contributed by atoms with Crippen molar-refractivity contribution >= 4 is 39.6 Å². The Morgan fingerprint density at radius 3 is 2.96 bits per heavy atom. The van der Waals surface area contributed by atoms with Gasteiger partial charge in [0.15, 0.2) is 5.11 Å². The van der Waals surface area contributed by atoms with Crippen molar-refractivity contribution in [3.8, 4) is 0 Å². The summed E-state index contributed by atoms with van der Waals surface area (Å²) in [5, 5.41) is 7.95. The molecule has 0 amide bonds. The van der Waals surface area contributed by atoms with Crippen LogP contribution >= 0.6 is 23.6 Å². The molecule has 0 spiro atoms. The van der Waals surface area contributed by atoms with Crippen LogP contribution in [0.3, 0.4) is 0 Å². The van der Waals surface area contributed by atoms with E-state index in [-0.39, 0.29) is 5.97 Å². The minimum atomic E-state index is -0.269. The molecule has 6 heteroatoms. The molecule has 1 atom stereocenters. The summed E-state index contributed by atoms with van der Waals surface area (Å²) in [6.45, 7) is 3.09. The number of thiocarbonyl (C=S) groups is 1. The molecule has 142 valence electrons. The zero-order valence-electron chi connectivity index (χ0n) is 15.7. The number of hydrogen-bond donors (Lipinski definition) is 2. The number of allylic oxidation sites excluding steroid dienone is 1. The van der Waals surface area contributed by atoms with Crippen LogP contribution in [0.5, 0.6) is 0 Å². The lowest BCUT2D eigenvalue weighted by Crippen LogP contribution is -2.29. The Kier molecular flexibility index (Phi) is 6.70. The van der Waals surface area contributed by atoms with E-state index in [2.05, 4.69) is 23.6 Å². The van der Waals surface area contributed by atoms with Gasteiger partial charge in [-0.15, -0.1) is 11.3 Å². The van der Waals surface area contributed by atoms with Crippen molar-refractivity contribution in [2.75, 3.05) is 19.0 Å². The summed E-state index contributed by atoms with van der Waals surface area (Å²) in [4.78, 5) is 13.6. The van der Waals surface area contributed by atoms with Crippen LogP contribution in [0.2, 0.25) is 0 Å². The zero-order chi connectivity index (χ0) is 18.5. The molecule has 26 heavy (non-hydrogen) atoms. The average Bonchev–Trinajstić information content (AvgIpc) is 2.98. The monoisotopic (exact) mass is 392 g/mol. The van der Waals surface area contributed by atoms with Crippen molar-refractivity contribution in [3.63, 3.8) is 0 Å². The SMILES string of the molecule is COC(=O)c1c(NC(=S)NCCC2=CCCCC2)sc2c1CC[C@H](C)C2. The molecule has 1 aromatic rings. The Hall–Kier alpha value is -1.40. The highest BCUT2D eigenvalue weighted by molar-refractivity contribution is 7.80. The molecule has 1 aromatic heterocycles. The van der Waals surface area contributed by atoms with Gasteiger partial charge in [0, 0.05) is 11.4 Å². The van der Waals surface area contributed by atoms with Crippen LogP contribution < -0.4 is 10.6 Å². The van der Waals surface area contributed by atoms with Gasteiger partial charge in [-0.05, 0) is 75.1 Å². The van der Waals surface area contributed by atoms with Gasteiger partial charge in [0.1, 0.15) is 5.00 Å². The second kappa shape index (κ2) is 9.00. The lowest BCUT2D eigenvalue weighted by molar-refractivity contribution is 0.0601. The van der Waals surface area contributed by atoms with Crippen LogP contribution in [0.25, 0.3) is 0 Å². The third-order valence-electron chi connectivity index (χ3n) is 5.24. The predicted molar refractivity (Wildman–Crippen MR) is 112 cm³/mol. The van der Waals surface area contributed by atoms with E-state index < -0.39 is 0 Å². The number of rotatable bonds is 5. The largest absolute Gasteiger partial charge is 0.465 e.